The van der Waals surface area contributed by atoms with Crippen LogP contribution in [0.3, 0.4) is 0 Å². The van der Waals surface area contributed by atoms with Crippen molar-refractivity contribution in [3.63, 3.8) is 0 Å². The SMILES string of the molecule is O=S(=O)(c1ccc(Br)cc1)N(Br)Br. The van der Waals surface area contributed by atoms with Crippen molar-refractivity contribution in [2.75, 3.05) is 0 Å². The first-order chi connectivity index (χ1) is 5.94. The lowest BCUT2D eigenvalue weighted by Crippen LogP contribution is -2.10. The summed E-state index contributed by atoms with van der Waals surface area (Å²) in [4.78, 5) is 0.212. The summed E-state index contributed by atoms with van der Waals surface area (Å²) < 4.78 is 24.6. The zero-order valence-corrected chi connectivity index (χ0v) is 11.7. The van der Waals surface area contributed by atoms with Crippen molar-refractivity contribution in [3.05, 3.63) is 28.7 Å². The molecule has 0 aliphatic carbocycles. The zero-order valence-electron chi connectivity index (χ0n) is 6.12. The van der Waals surface area contributed by atoms with Gasteiger partial charge in [-0.3, -0.25) is 0 Å². The molecule has 0 bridgehead atoms. The number of benzene rings is 1. The molecule has 0 aliphatic heterocycles. The van der Waals surface area contributed by atoms with Crippen molar-refractivity contribution in [3.8, 4) is 0 Å². The average molecular weight is 394 g/mol. The van der Waals surface area contributed by atoms with Gasteiger partial charge in [0.25, 0.3) is 10.0 Å². The van der Waals surface area contributed by atoms with Gasteiger partial charge in [0, 0.05) is 36.8 Å². The molecule has 0 aliphatic rings. The van der Waals surface area contributed by atoms with Crippen LogP contribution in [0, 0.1) is 0 Å². The van der Waals surface area contributed by atoms with Gasteiger partial charge < -0.3 is 0 Å². The summed E-state index contributed by atoms with van der Waals surface area (Å²) >= 11 is 8.82. The van der Waals surface area contributed by atoms with Gasteiger partial charge in [-0.2, -0.15) is 0 Å². The molecule has 0 spiro atoms. The number of hydrogen-bond donors (Lipinski definition) is 0. The topological polar surface area (TPSA) is 37.4 Å². The van der Waals surface area contributed by atoms with E-state index in [9.17, 15) is 8.42 Å². The lowest BCUT2D eigenvalue weighted by Gasteiger charge is -2.06. The third kappa shape index (κ3) is 2.76. The van der Waals surface area contributed by atoms with Crippen LogP contribution < -0.4 is 0 Å². The maximum absolute atomic E-state index is 11.5. The molecule has 3 nitrogen and oxygen atoms in total. The Kier molecular flexibility index (Phi) is 3.94. The summed E-state index contributed by atoms with van der Waals surface area (Å²) in [5.41, 5.74) is 0. The van der Waals surface area contributed by atoms with Gasteiger partial charge in [0.2, 0.25) is 0 Å². The molecule has 0 heterocycles. The van der Waals surface area contributed by atoms with Crippen molar-refractivity contribution in [2.45, 2.75) is 4.90 Å². The Morgan fingerprint density at radius 2 is 1.54 bits per heavy atom. The molecular formula is C6H4Br3NO2S. The van der Waals surface area contributed by atoms with Crippen molar-refractivity contribution in [1.29, 1.82) is 0 Å². The molecule has 0 saturated heterocycles. The largest absolute Gasteiger partial charge is 0.262 e. The first-order valence-electron chi connectivity index (χ1n) is 3.07. The maximum Gasteiger partial charge on any atom is 0.262 e. The first-order valence-corrected chi connectivity index (χ1v) is 6.72. The molecule has 0 unspecified atom stereocenters. The Bertz CT molecular complexity index is 387. The summed E-state index contributed by atoms with van der Waals surface area (Å²) in [6.45, 7) is 0. The van der Waals surface area contributed by atoms with Gasteiger partial charge >= 0.3 is 0 Å². The third-order valence-corrected chi connectivity index (χ3v) is 5.34. The molecule has 1 rings (SSSR count). The van der Waals surface area contributed by atoms with E-state index in [0.717, 1.165) is 6.83 Å². The highest BCUT2D eigenvalue weighted by Crippen LogP contribution is 2.23. The average Bonchev–Trinajstić information content (AvgIpc) is 2.04. The number of sulfonamides is 1. The molecule has 1 aromatic carbocycles. The maximum atomic E-state index is 11.5. The minimum absolute atomic E-state index is 0.212. The molecule has 0 fully saturated rings. The quantitative estimate of drug-likeness (QED) is 0.724. The van der Waals surface area contributed by atoms with Crippen LogP contribution in [0.2, 0.25) is 0 Å². The second kappa shape index (κ2) is 4.39. The second-order valence-electron chi connectivity index (χ2n) is 2.13. The molecule has 0 amide bonds. The van der Waals surface area contributed by atoms with Crippen molar-refractivity contribution >= 4 is 58.2 Å². The first kappa shape index (κ1) is 11.6. The van der Waals surface area contributed by atoms with E-state index in [0.29, 0.717) is 0 Å². The summed E-state index contributed by atoms with van der Waals surface area (Å²) in [6.07, 6.45) is 0. The van der Waals surface area contributed by atoms with Gasteiger partial charge in [-0.25, -0.2) is 8.42 Å². The molecule has 72 valence electrons. The van der Waals surface area contributed by atoms with Crippen molar-refractivity contribution in [2.24, 2.45) is 0 Å². The highest BCUT2D eigenvalue weighted by atomic mass is 79.9. The summed E-state index contributed by atoms with van der Waals surface area (Å²) in [6, 6.07) is 6.34. The molecule has 1 aromatic rings. The van der Waals surface area contributed by atoms with E-state index < -0.39 is 10.0 Å². The third-order valence-electron chi connectivity index (χ3n) is 1.29. The van der Waals surface area contributed by atoms with E-state index in [4.69, 9.17) is 0 Å². The number of halogens is 3. The predicted molar refractivity (Wildman–Crippen MR) is 61.0 cm³/mol. The molecule has 0 saturated carbocycles. The molecule has 0 atom stereocenters. The van der Waals surface area contributed by atoms with Crippen LogP contribution >= 0.6 is 48.2 Å². The fourth-order valence-corrected chi connectivity index (χ4v) is 2.59. The van der Waals surface area contributed by atoms with Gasteiger partial charge in [0.15, 0.2) is 0 Å². The summed E-state index contributed by atoms with van der Waals surface area (Å²) in [5.74, 6) is 0. The monoisotopic (exact) mass is 391 g/mol. The van der Waals surface area contributed by atoms with Crippen LogP contribution in [0.5, 0.6) is 0 Å². The number of rotatable bonds is 2. The minimum Gasteiger partial charge on any atom is -0.205 e. The Hall–Kier alpha value is 0.570. The van der Waals surface area contributed by atoms with Gasteiger partial charge in [-0.15, -0.1) is 0 Å². The van der Waals surface area contributed by atoms with E-state index in [1.54, 1.807) is 12.1 Å². The van der Waals surface area contributed by atoms with Crippen LogP contribution in [-0.2, 0) is 10.0 Å². The molecule has 0 aromatic heterocycles. The molecule has 0 radical (unpaired) electrons. The standard InChI is InChI=1S/C6H4Br3NO2S/c7-5-1-3-6(4-2-5)13(11,12)10(8)9/h1-4H. The summed E-state index contributed by atoms with van der Waals surface area (Å²) in [7, 11) is -3.45. The minimum atomic E-state index is -3.45. The van der Waals surface area contributed by atoms with Crippen LogP contribution in [0.4, 0.5) is 0 Å². The Balaban J connectivity index is 3.17. The second-order valence-corrected chi connectivity index (χ2v) is 8.14. The Labute approximate surface area is 102 Å². The zero-order chi connectivity index (χ0) is 10.1. The Morgan fingerprint density at radius 1 is 1.08 bits per heavy atom. The molecule has 7 heteroatoms. The number of hydrogen-bond acceptors (Lipinski definition) is 2. The lowest BCUT2D eigenvalue weighted by molar-refractivity contribution is 0.585. The van der Waals surface area contributed by atoms with E-state index in [1.807, 2.05) is 0 Å². The van der Waals surface area contributed by atoms with Gasteiger partial charge in [0.05, 0.1) is 4.90 Å². The fraction of sp³-hybridized carbons (Fsp3) is 0. The summed E-state index contributed by atoms with van der Waals surface area (Å²) in [5, 5.41) is 0. The van der Waals surface area contributed by atoms with Gasteiger partial charge in [-0.05, 0) is 24.3 Å². The normalized spacial score (nSPS) is 12.0. The Morgan fingerprint density at radius 3 is 1.92 bits per heavy atom. The highest BCUT2D eigenvalue weighted by Gasteiger charge is 2.19. The predicted octanol–water partition coefficient (Wildman–Crippen LogP) is 3.06. The van der Waals surface area contributed by atoms with Crippen LogP contribution in [0.15, 0.2) is 33.6 Å². The smallest absolute Gasteiger partial charge is 0.205 e. The highest BCUT2D eigenvalue weighted by molar-refractivity contribution is 9.22. The van der Waals surface area contributed by atoms with E-state index in [2.05, 4.69) is 48.2 Å². The van der Waals surface area contributed by atoms with Gasteiger partial charge in [-0.1, -0.05) is 18.3 Å². The van der Waals surface area contributed by atoms with E-state index in [-0.39, 0.29) is 4.90 Å². The fourth-order valence-electron chi connectivity index (χ4n) is 0.686. The van der Waals surface area contributed by atoms with Crippen LogP contribution in [-0.4, -0.2) is 10.8 Å². The van der Waals surface area contributed by atoms with Crippen LogP contribution in [0.25, 0.3) is 0 Å². The van der Waals surface area contributed by atoms with Crippen molar-refractivity contribution < 1.29 is 8.42 Å². The van der Waals surface area contributed by atoms with Gasteiger partial charge in [0.1, 0.15) is 0 Å². The van der Waals surface area contributed by atoms with Crippen molar-refractivity contribution in [1.82, 2.24) is 2.36 Å². The van der Waals surface area contributed by atoms with Crippen LogP contribution in [0.1, 0.15) is 0 Å². The lowest BCUT2D eigenvalue weighted by atomic mass is 10.4. The van der Waals surface area contributed by atoms with E-state index in [1.165, 1.54) is 12.1 Å². The molecular weight excluding hydrogens is 390 g/mol. The van der Waals surface area contributed by atoms with E-state index >= 15 is 0 Å². The molecule has 0 N–H and O–H groups in total. The molecule has 13 heavy (non-hydrogen) atoms. The number of nitrogens with zero attached hydrogens (tertiary/aromatic N) is 1.